The van der Waals surface area contributed by atoms with E-state index < -0.39 is 0 Å². The van der Waals surface area contributed by atoms with E-state index in [1.54, 1.807) is 0 Å². The van der Waals surface area contributed by atoms with E-state index in [2.05, 4.69) is 43.1 Å². The molecule has 1 heterocycles. The van der Waals surface area contributed by atoms with Crippen LogP contribution in [0, 0.1) is 0 Å². The quantitative estimate of drug-likeness (QED) is 0.256. The Kier molecular flexibility index (Phi) is 13.3. The molecule has 1 N–H and O–H groups in total. The molecule has 0 saturated carbocycles. The molecule has 0 radical (unpaired) electrons. The molecule has 0 aromatic rings. The van der Waals surface area contributed by atoms with E-state index in [1.165, 1.54) is 57.8 Å². The summed E-state index contributed by atoms with van der Waals surface area (Å²) in [4.78, 5) is 4.59. The highest BCUT2D eigenvalue weighted by Gasteiger charge is 2.33. The second-order valence-electron chi connectivity index (χ2n) is 7.51. The van der Waals surface area contributed by atoms with Crippen LogP contribution in [0.15, 0.2) is 29.3 Å². The van der Waals surface area contributed by atoms with Gasteiger partial charge in [-0.15, -0.1) is 0 Å². The molecule has 1 rings (SSSR count). The van der Waals surface area contributed by atoms with Crippen LogP contribution >= 0.6 is 0 Å². The Morgan fingerprint density at radius 1 is 0.923 bits per heavy atom. The van der Waals surface area contributed by atoms with E-state index in [4.69, 9.17) is 4.74 Å². The SMILES string of the molecule is CCCCC/C=C\C/C=C/CCCCCCCC1=NC(CC)(CO)CO1. The minimum absolute atomic E-state index is 0.0924. The number of aliphatic hydroxyl groups is 1. The molecular formula is C23H41NO2. The average Bonchev–Trinajstić information content (AvgIpc) is 3.09. The smallest absolute Gasteiger partial charge is 0.184 e. The Balaban J connectivity index is 1.91. The molecule has 0 amide bonds. The van der Waals surface area contributed by atoms with Gasteiger partial charge in [-0.25, -0.2) is 4.99 Å². The van der Waals surface area contributed by atoms with Gasteiger partial charge in [0, 0.05) is 6.42 Å². The van der Waals surface area contributed by atoms with Crippen LogP contribution in [0.25, 0.3) is 0 Å². The van der Waals surface area contributed by atoms with Gasteiger partial charge in [-0.05, 0) is 44.9 Å². The predicted molar refractivity (Wildman–Crippen MR) is 113 cm³/mol. The average molecular weight is 364 g/mol. The van der Waals surface area contributed by atoms with Crippen molar-refractivity contribution in [2.75, 3.05) is 13.2 Å². The summed E-state index contributed by atoms with van der Waals surface area (Å²) in [6.45, 7) is 4.95. The number of rotatable bonds is 16. The first-order valence-corrected chi connectivity index (χ1v) is 10.9. The molecule has 0 aromatic carbocycles. The lowest BCUT2D eigenvalue weighted by Gasteiger charge is -2.17. The van der Waals surface area contributed by atoms with Gasteiger partial charge in [-0.1, -0.05) is 70.3 Å². The number of unbranched alkanes of at least 4 members (excludes halogenated alkanes) is 8. The number of nitrogens with zero attached hydrogens (tertiary/aromatic N) is 1. The summed E-state index contributed by atoms with van der Waals surface area (Å²) >= 11 is 0. The lowest BCUT2D eigenvalue weighted by molar-refractivity contribution is 0.153. The van der Waals surface area contributed by atoms with E-state index in [0.717, 1.165) is 31.6 Å². The van der Waals surface area contributed by atoms with Crippen molar-refractivity contribution in [1.29, 1.82) is 0 Å². The van der Waals surface area contributed by atoms with Crippen molar-refractivity contribution in [3.63, 3.8) is 0 Å². The molecule has 3 heteroatoms. The van der Waals surface area contributed by atoms with Gasteiger partial charge in [0.1, 0.15) is 12.1 Å². The van der Waals surface area contributed by atoms with E-state index in [9.17, 15) is 5.11 Å². The van der Waals surface area contributed by atoms with E-state index in [1.807, 2.05) is 0 Å². The molecule has 150 valence electrons. The second-order valence-corrected chi connectivity index (χ2v) is 7.51. The predicted octanol–water partition coefficient (Wildman–Crippen LogP) is 6.37. The molecular weight excluding hydrogens is 322 g/mol. The number of hydrogen-bond acceptors (Lipinski definition) is 3. The van der Waals surface area contributed by atoms with Crippen LogP contribution in [0.1, 0.15) is 97.3 Å². The Morgan fingerprint density at radius 2 is 1.58 bits per heavy atom. The van der Waals surface area contributed by atoms with Crippen molar-refractivity contribution in [2.24, 2.45) is 4.99 Å². The van der Waals surface area contributed by atoms with Gasteiger partial charge >= 0.3 is 0 Å². The normalized spacial score (nSPS) is 20.2. The molecule has 1 aliphatic heterocycles. The molecule has 3 nitrogen and oxygen atoms in total. The molecule has 0 spiro atoms. The van der Waals surface area contributed by atoms with E-state index >= 15 is 0 Å². The van der Waals surface area contributed by atoms with Crippen molar-refractivity contribution >= 4 is 5.90 Å². The summed E-state index contributed by atoms with van der Waals surface area (Å²) in [7, 11) is 0. The summed E-state index contributed by atoms with van der Waals surface area (Å²) in [5.74, 6) is 0.853. The Hall–Kier alpha value is -1.09. The molecule has 0 fully saturated rings. The zero-order valence-corrected chi connectivity index (χ0v) is 17.2. The highest BCUT2D eigenvalue weighted by molar-refractivity contribution is 5.78. The molecule has 1 unspecified atom stereocenters. The first kappa shape index (κ1) is 23.0. The van der Waals surface area contributed by atoms with Crippen LogP contribution in [0.4, 0.5) is 0 Å². The minimum Gasteiger partial charge on any atom is -0.478 e. The van der Waals surface area contributed by atoms with Crippen molar-refractivity contribution in [3.8, 4) is 0 Å². The Bertz CT molecular complexity index is 422. The Labute approximate surface area is 161 Å². The fraction of sp³-hybridized carbons (Fsp3) is 0.783. The number of allylic oxidation sites excluding steroid dienone is 4. The van der Waals surface area contributed by atoms with Crippen LogP contribution in [0.3, 0.4) is 0 Å². The lowest BCUT2D eigenvalue weighted by atomic mass is 10.0. The Morgan fingerprint density at radius 3 is 2.19 bits per heavy atom. The largest absolute Gasteiger partial charge is 0.478 e. The molecule has 1 atom stereocenters. The third-order valence-electron chi connectivity index (χ3n) is 5.16. The standard InChI is InChI=1S/C23H41NO2/c1-3-5-6-7-8-9-10-11-12-13-14-15-16-17-18-19-22-24-23(4-2,20-25)21-26-22/h8-9,11-12,25H,3-7,10,13-21H2,1-2H3/b9-8-,12-11+. The molecule has 0 bridgehead atoms. The second kappa shape index (κ2) is 15.0. The van der Waals surface area contributed by atoms with Crippen LogP contribution in [-0.4, -0.2) is 29.8 Å². The molecule has 0 aliphatic carbocycles. The maximum Gasteiger partial charge on any atom is 0.184 e. The van der Waals surface area contributed by atoms with Crippen LogP contribution in [-0.2, 0) is 4.74 Å². The highest BCUT2D eigenvalue weighted by atomic mass is 16.5. The van der Waals surface area contributed by atoms with Gasteiger partial charge in [-0.2, -0.15) is 0 Å². The maximum absolute atomic E-state index is 9.44. The van der Waals surface area contributed by atoms with Gasteiger partial charge in [0.2, 0.25) is 0 Å². The topological polar surface area (TPSA) is 41.8 Å². The third-order valence-corrected chi connectivity index (χ3v) is 5.16. The molecule has 26 heavy (non-hydrogen) atoms. The number of hydrogen-bond donors (Lipinski definition) is 1. The first-order chi connectivity index (χ1) is 12.8. The van der Waals surface area contributed by atoms with Crippen molar-refractivity contribution in [1.82, 2.24) is 0 Å². The highest BCUT2D eigenvalue weighted by Crippen LogP contribution is 2.24. The first-order valence-electron chi connectivity index (χ1n) is 10.9. The summed E-state index contributed by atoms with van der Waals surface area (Å²) in [5, 5.41) is 9.44. The van der Waals surface area contributed by atoms with E-state index in [0.29, 0.717) is 6.61 Å². The van der Waals surface area contributed by atoms with E-state index in [-0.39, 0.29) is 12.1 Å². The van der Waals surface area contributed by atoms with Crippen molar-refractivity contribution in [3.05, 3.63) is 24.3 Å². The minimum atomic E-state index is -0.355. The summed E-state index contributed by atoms with van der Waals surface area (Å²) < 4.78 is 5.65. The monoisotopic (exact) mass is 363 g/mol. The van der Waals surface area contributed by atoms with Crippen molar-refractivity contribution in [2.45, 2.75) is 103 Å². The zero-order chi connectivity index (χ0) is 18.9. The van der Waals surface area contributed by atoms with Crippen LogP contribution < -0.4 is 0 Å². The van der Waals surface area contributed by atoms with Crippen molar-refractivity contribution < 1.29 is 9.84 Å². The van der Waals surface area contributed by atoms with Crippen LogP contribution in [0.5, 0.6) is 0 Å². The zero-order valence-electron chi connectivity index (χ0n) is 17.2. The lowest BCUT2D eigenvalue weighted by Crippen LogP contribution is -2.31. The maximum atomic E-state index is 9.44. The van der Waals surface area contributed by atoms with Crippen LogP contribution in [0.2, 0.25) is 0 Å². The summed E-state index contributed by atoms with van der Waals surface area (Å²) in [6.07, 6.45) is 24.8. The molecule has 1 aliphatic rings. The summed E-state index contributed by atoms with van der Waals surface area (Å²) in [5.41, 5.74) is -0.355. The third kappa shape index (κ3) is 10.2. The van der Waals surface area contributed by atoms with Gasteiger partial charge in [0.25, 0.3) is 0 Å². The summed E-state index contributed by atoms with van der Waals surface area (Å²) in [6, 6.07) is 0. The molecule has 0 saturated heterocycles. The van der Waals surface area contributed by atoms with Gasteiger partial charge in [-0.3, -0.25) is 0 Å². The number of aliphatic hydroxyl groups excluding tert-OH is 1. The number of aliphatic imine (C=N–C) groups is 1. The fourth-order valence-corrected chi connectivity index (χ4v) is 3.14. The van der Waals surface area contributed by atoms with Gasteiger partial charge in [0.15, 0.2) is 5.90 Å². The van der Waals surface area contributed by atoms with Gasteiger partial charge < -0.3 is 9.84 Å². The molecule has 0 aromatic heterocycles. The number of ether oxygens (including phenoxy) is 1. The van der Waals surface area contributed by atoms with Gasteiger partial charge in [0.05, 0.1) is 6.61 Å². The fourth-order valence-electron chi connectivity index (χ4n) is 3.14.